The fourth-order valence-electron chi connectivity index (χ4n) is 3.55. The zero-order valence-corrected chi connectivity index (χ0v) is 19.5. The van der Waals surface area contributed by atoms with Gasteiger partial charge in [-0.3, -0.25) is 4.79 Å². The number of amides is 1. The highest BCUT2D eigenvalue weighted by Gasteiger charge is 2.18. The third-order valence-corrected chi connectivity index (χ3v) is 5.87. The molecule has 3 aromatic rings. The fraction of sp³-hybridized carbons (Fsp3) is 0.333. The molecule has 3 rings (SSSR count). The molecule has 0 bridgehead atoms. The second-order valence-corrected chi connectivity index (χ2v) is 7.98. The Morgan fingerprint density at radius 3 is 2.45 bits per heavy atom. The number of rotatable bonds is 7. The van der Waals surface area contributed by atoms with Crippen molar-refractivity contribution in [2.75, 3.05) is 14.2 Å². The van der Waals surface area contributed by atoms with Gasteiger partial charge in [-0.05, 0) is 63.1 Å². The number of nitrogens with one attached hydrogen (secondary N) is 1. The number of hydrogen-bond donors (Lipinski definition) is 1. The van der Waals surface area contributed by atoms with Crippen LogP contribution < -0.4 is 14.8 Å². The summed E-state index contributed by atoms with van der Waals surface area (Å²) in [4.78, 5) is 12.8. The van der Waals surface area contributed by atoms with Crippen LogP contribution in [0.4, 0.5) is 0 Å². The van der Waals surface area contributed by atoms with Gasteiger partial charge in [-0.1, -0.05) is 23.7 Å². The van der Waals surface area contributed by atoms with Crippen LogP contribution in [0, 0.1) is 20.8 Å². The molecule has 1 N–H and O–H groups in total. The van der Waals surface area contributed by atoms with E-state index in [1.165, 1.54) is 0 Å². The van der Waals surface area contributed by atoms with Gasteiger partial charge in [0.2, 0.25) is 5.91 Å². The van der Waals surface area contributed by atoms with Crippen LogP contribution in [-0.2, 0) is 11.2 Å². The summed E-state index contributed by atoms with van der Waals surface area (Å²) < 4.78 is 12.5. The van der Waals surface area contributed by atoms with Crippen molar-refractivity contribution in [3.8, 4) is 17.2 Å². The van der Waals surface area contributed by atoms with Crippen LogP contribution in [0.1, 0.15) is 41.0 Å². The molecular weight excluding hydrogens is 414 g/mol. The number of aromatic nitrogens is 2. The fourth-order valence-corrected chi connectivity index (χ4v) is 3.73. The largest absolute Gasteiger partial charge is 0.493 e. The van der Waals surface area contributed by atoms with Crippen LogP contribution in [0.25, 0.3) is 5.69 Å². The predicted octanol–water partition coefficient (Wildman–Crippen LogP) is 4.89. The number of carbonyl (C=O) groups excluding carboxylic acids is 1. The monoisotopic (exact) mass is 441 g/mol. The average Bonchev–Trinajstić information content (AvgIpc) is 3.03. The van der Waals surface area contributed by atoms with Gasteiger partial charge in [0.15, 0.2) is 11.5 Å². The average molecular weight is 442 g/mol. The number of ether oxygens (including phenoxy) is 2. The molecule has 0 saturated carbocycles. The first-order valence-corrected chi connectivity index (χ1v) is 10.5. The molecule has 1 unspecified atom stereocenters. The zero-order valence-electron chi connectivity index (χ0n) is 18.7. The number of nitrogens with zero attached hydrogens (tertiary/aromatic N) is 2. The first kappa shape index (κ1) is 22.7. The van der Waals surface area contributed by atoms with Gasteiger partial charge in [0.1, 0.15) is 0 Å². The molecule has 0 fully saturated rings. The Labute approximate surface area is 188 Å². The summed E-state index contributed by atoms with van der Waals surface area (Å²) in [7, 11) is 3.19. The highest BCUT2D eigenvalue weighted by Crippen LogP contribution is 2.30. The van der Waals surface area contributed by atoms with Crippen molar-refractivity contribution in [1.82, 2.24) is 15.1 Å². The molecule has 1 amide bonds. The Balaban J connectivity index is 1.76. The number of carbonyl (C=O) groups is 1. The van der Waals surface area contributed by atoms with Crippen molar-refractivity contribution in [3.63, 3.8) is 0 Å². The van der Waals surface area contributed by atoms with E-state index in [0.717, 1.165) is 33.8 Å². The number of methoxy groups -OCH3 is 2. The summed E-state index contributed by atoms with van der Waals surface area (Å²) in [6, 6.07) is 11.3. The van der Waals surface area contributed by atoms with E-state index >= 15 is 0 Å². The van der Waals surface area contributed by atoms with Crippen LogP contribution in [0.2, 0.25) is 5.02 Å². The van der Waals surface area contributed by atoms with Crippen molar-refractivity contribution in [2.24, 2.45) is 0 Å². The second kappa shape index (κ2) is 9.43. The minimum absolute atomic E-state index is 0.0741. The van der Waals surface area contributed by atoms with Crippen molar-refractivity contribution in [3.05, 3.63) is 69.5 Å². The summed E-state index contributed by atoms with van der Waals surface area (Å²) in [5.74, 6) is 1.21. The van der Waals surface area contributed by atoms with Crippen molar-refractivity contribution in [2.45, 2.75) is 40.2 Å². The summed E-state index contributed by atoms with van der Waals surface area (Å²) in [5.41, 5.74) is 5.48. The number of benzene rings is 2. The predicted molar refractivity (Wildman–Crippen MR) is 123 cm³/mol. The van der Waals surface area contributed by atoms with Gasteiger partial charge in [0, 0.05) is 16.3 Å². The van der Waals surface area contributed by atoms with E-state index in [0.29, 0.717) is 16.5 Å². The molecule has 0 spiro atoms. The highest BCUT2D eigenvalue weighted by atomic mass is 35.5. The van der Waals surface area contributed by atoms with Crippen LogP contribution >= 0.6 is 11.6 Å². The van der Waals surface area contributed by atoms with E-state index in [1.807, 2.05) is 68.8 Å². The van der Waals surface area contributed by atoms with E-state index in [1.54, 1.807) is 14.2 Å². The molecule has 2 aromatic carbocycles. The molecule has 7 heteroatoms. The lowest BCUT2D eigenvalue weighted by molar-refractivity contribution is -0.121. The summed E-state index contributed by atoms with van der Waals surface area (Å²) in [6.45, 7) is 7.78. The lowest BCUT2D eigenvalue weighted by Gasteiger charge is -2.17. The third-order valence-electron chi connectivity index (χ3n) is 5.46. The van der Waals surface area contributed by atoms with E-state index in [2.05, 4.69) is 10.4 Å². The first-order chi connectivity index (χ1) is 14.7. The molecule has 6 nitrogen and oxygen atoms in total. The van der Waals surface area contributed by atoms with Crippen molar-refractivity contribution >= 4 is 17.5 Å². The topological polar surface area (TPSA) is 65.4 Å². The molecule has 0 saturated heterocycles. The second-order valence-electron chi connectivity index (χ2n) is 7.58. The highest BCUT2D eigenvalue weighted by molar-refractivity contribution is 6.31. The van der Waals surface area contributed by atoms with Gasteiger partial charge < -0.3 is 14.8 Å². The number of hydrogen-bond acceptors (Lipinski definition) is 4. The van der Waals surface area contributed by atoms with Crippen LogP contribution in [-0.4, -0.2) is 29.9 Å². The van der Waals surface area contributed by atoms with Gasteiger partial charge in [0.05, 0.1) is 38.1 Å². The smallest absolute Gasteiger partial charge is 0.225 e. The quantitative estimate of drug-likeness (QED) is 0.567. The van der Waals surface area contributed by atoms with E-state index < -0.39 is 0 Å². The van der Waals surface area contributed by atoms with Crippen LogP contribution in [0.5, 0.6) is 11.5 Å². The van der Waals surface area contributed by atoms with Gasteiger partial charge in [-0.15, -0.1) is 0 Å². The Bertz CT molecular complexity index is 1110. The maximum atomic E-state index is 12.8. The Hall–Kier alpha value is -2.99. The van der Waals surface area contributed by atoms with E-state index in [-0.39, 0.29) is 18.4 Å². The van der Waals surface area contributed by atoms with Gasteiger partial charge in [-0.2, -0.15) is 5.10 Å². The summed E-state index contributed by atoms with van der Waals surface area (Å²) >= 11 is 6.28. The van der Waals surface area contributed by atoms with Crippen LogP contribution in [0.15, 0.2) is 36.4 Å². The van der Waals surface area contributed by atoms with Crippen molar-refractivity contribution in [1.29, 1.82) is 0 Å². The standard InChI is InChI=1S/C24H28ClN3O3/c1-14-7-9-19(12-21(14)25)28-17(4)20(16(3)27-28)13-24(29)26-15(2)18-8-10-22(30-5)23(11-18)31-6/h7-12,15H,13H2,1-6H3,(H,26,29). The van der Waals surface area contributed by atoms with Gasteiger partial charge in [0.25, 0.3) is 0 Å². The van der Waals surface area contributed by atoms with E-state index in [4.69, 9.17) is 21.1 Å². The molecular formula is C24H28ClN3O3. The molecule has 31 heavy (non-hydrogen) atoms. The minimum atomic E-state index is -0.182. The minimum Gasteiger partial charge on any atom is -0.493 e. The normalized spacial score (nSPS) is 11.8. The van der Waals surface area contributed by atoms with Gasteiger partial charge >= 0.3 is 0 Å². The maximum Gasteiger partial charge on any atom is 0.225 e. The third kappa shape index (κ3) is 4.85. The molecule has 0 aliphatic carbocycles. The molecule has 1 atom stereocenters. The first-order valence-electron chi connectivity index (χ1n) is 10.1. The summed E-state index contributed by atoms with van der Waals surface area (Å²) in [5, 5.41) is 8.38. The maximum absolute atomic E-state index is 12.8. The van der Waals surface area contributed by atoms with Gasteiger partial charge in [-0.25, -0.2) is 4.68 Å². The Kier molecular flexibility index (Phi) is 6.91. The molecule has 164 valence electrons. The Morgan fingerprint density at radius 2 is 1.81 bits per heavy atom. The van der Waals surface area contributed by atoms with Crippen LogP contribution in [0.3, 0.4) is 0 Å². The lowest BCUT2D eigenvalue weighted by atomic mass is 10.1. The van der Waals surface area contributed by atoms with Crippen molar-refractivity contribution < 1.29 is 14.3 Å². The molecule has 0 aliphatic rings. The SMILES string of the molecule is COc1ccc(C(C)NC(=O)Cc2c(C)nn(-c3ccc(C)c(Cl)c3)c2C)cc1OC. The lowest BCUT2D eigenvalue weighted by Crippen LogP contribution is -2.28. The Morgan fingerprint density at radius 1 is 1.10 bits per heavy atom. The number of aryl methyl sites for hydroxylation is 2. The van der Waals surface area contributed by atoms with E-state index in [9.17, 15) is 4.79 Å². The molecule has 1 heterocycles. The molecule has 0 aliphatic heterocycles. The zero-order chi connectivity index (χ0) is 22.7. The number of halogens is 1. The summed E-state index contributed by atoms with van der Waals surface area (Å²) in [6.07, 6.45) is 0.245. The molecule has 0 radical (unpaired) electrons. The molecule has 1 aromatic heterocycles.